The maximum atomic E-state index is 4.18. The van der Waals surface area contributed by atoms with Crippen LogP contribution in [-0.4, -0.2) is 30.3 Å². The van der Waals surface area contributed by atoms with Crippen LogP contribution in [0, 0.1) is 0 Å². The Morgan fingerprint density at radius 2 is 2.00 bits per heavy atom. The number of hydrogen-bond acceptors (Lipinski definition) is 2. The molecule has 0 aromatic rings. The van der Waals surface area contributed by atoms with Gasteiger partial charge in [0.25, 0.3) is 0 Å². The molecule has 1 saturated carbocycles. The molecule has 0 aromatic heterocycles. The van der Waals surface area contributed by atoms with Crippen LogP contribution in [0.15, 0.2) is 0 Å². The first-order chi connectivity index (χ1) is 5.34. The second-order valence-electron chi connectivity index (χ2n) is 3.50. The molecule has 2 heteroatoms. The second kappa shape index (κ2) is 5.04. The summed E-state index contributed by atoms with van der Waals surface area (Å²) in [5.41, 5.74) is 0. The molecule has 0 amide bonds. The van der Waals surface area contributed by atoms with Gasteiger partial charge in [-0.2, -0.15) is 12.6 Å². The van der Waals surface area contributed by atoms with E-state index < -0.39 is 0 Å². The van der Waals surface area contributed by atoms with E-state index in [0.29, 0.717) is 0 Å². The highest BCUT2D eigenvalue weighted by Crippen LogP contribution is 2.25. The third-order valence-electron chi connectivity index (χ3n) is 2.34. The minimum absolute atomic E-state index is 0.936. The molecule has 0 heterocycles. The van der Waals surface area contributed by atoms with Gasteiger partial charge in [0, 0.05) is 6.04 Å². The van der Waals surface area contributed by atoms with Crippen LogP contribution in [0.3, 0.4) is 0 Å². The van der Waals surface area contributed by atoms with Gasteiger partial charge < -0.3 is 4.90 Å². The molecule has 0 radical (unpaired) electrons. The van der Waals surface area contributed by atoms with Crippen LogP contribution in [0.25, 0.3) is 0 Å². The van der Waals surface area contributed by atoms with Crippen molar-refractivity contribution in [2.75, 3.05) is 19.3 Å². The molecule has 0 aliphatic heterocycles. The van der Waals surface area contributed by atoms with E-state index in [1.54, 1.807) is 0 Å². The Bertz CT molecular complexity index is 102. The number of rotatable bonds is 6. The molecule has 1 fully saturated rings. The molecule has 0 N–H and O–H groups in total. The monoisotopic (exact) mass is 173 g/mol. The molecule has 0 spiro atoms. The van der Waals surface area contributed by atoms with E-state index in [1.807, 2.05) is 0 Å². The highest BCUT2D eigenvalue weighted by atomic mass is 32.1. The first-order valence-corrected chi connectivity index (χ1v) is 5.29. The van der Waals surface area contributed by atoms with Crippen LogP contribution < -0.4 is 0 Å². The van der Waals surface area contributed by atoms with E-state index in [-0.39, 0.29) is 0 Å². The SMILES string of the molecule is CN(CCCCCS)C1CC1. The van der Waals surface area contributed by atoms with E-state index in [2.05, 4.69) is 24.6 Å². The van der Waals surface area contributed by atoms with Crippen molar-refractivity contribution in [2.24, 2.45) is 0 Å². The second-order valence-corrected chi connectivity index (χ2v) is 3.94. The molecule has 1 aliphatic rings. The summed E-state index contributed by atoms with van der Waals surface area (Å²) in [4.78, 5) is 2.50. The van der Waals surface area contributed by atoms with Crippen LogP contribution >= 0.6 is 12.6 Å². The Hall–Kier alpha value is 0.310. The molecule has 1 rings (SSSR count). The van der Waals surface area contributed by atoms with Crippen molar-refractivity contribution in [3.63, 3.8) is 0 Å². The first kappa shape index (κ1) is 9.40. The van der Waals surface area contributed by atoms with Crippen molar-refractivity contribution < 1.29 is 0 Å². The molecule has 1 aliphatic carbocycles. The largest absolute Gasteiger partial charge is 0.303 e. The summed E-state index contributed by atoms with van der Waals surface area (Å²) >= 11 is 4.18. The third kappa shape index (κ3) is 4.02. The van der Waals surface area contributed by atoms with Gasteiger partial charge in [-0.25, -0.2) is 0 Å². The summed E-state index contributed by atoms with van der Waals surface area (Å²) in [7, 11) is 2.25. The average molecular weight is 173 g/mol. The highest BCUT2D eigenvalue weighted by molar-refractivity contribution is 7.80. The Labute approximate surface area is 75.6 Å². The van der Waals surface area contributed by atoms with E-state index in [4.69, 9.17) is 0 Å². The van der Waals surface area contributed by atoms with Gasteiger partial charge in [-0.1, -0.05) is 6.42 Å². The van der Waals surface area contributed by atoms with E-state index in [1.165, 1.54) is 38.6 Å². The van der Waals surface area contributed by atoms with Crippen LogP contribution in [0.4, 0.5) is 0 Å². The molecule has 11 heavy (non-hydrogen) atoms. The fraction of sp³-hybridized carbons (Fsp3) is 1.00. The van der Waals surface area contributed by atoms with Gasteiger partial charge in [0.15, 0.2) is 0 Å². The van der Waals surface area contributed by atoms with Crippen molar-refractivity contribution in [3.05, 3.63) is 0 Å². The summed E-state index contributed by atoms with van der Waals surface area (Å²) in [5.74, 6) is 1.05. The summed E-state index contributed by atoms with van der Waals surface area (Å²) in [5, 5.41) is 0. The van der Waals surface area contributed by atoms with Crippen molar-refractivity contribution in [2.45, 2.75) is 38.1 Å². The highest BCUT2D eigenvalue weighted by Gasteiger charge is 2.25. The first-order valence-electron chi connectivity index (χ1n) is 4.65. The van der Waals surface area contributed by atoms with Crippen LogP contribution in [-0.2, 0) is 0 Å². The molecule has 66 valence electrons. The zero-order valence-electron chi connectivity index (χ0n) is 7.42. The maximum Gasteiger partial charge on any atom is 0.00933 e. The lowest BCUT2D eigenvalue weighted by Crippen LogP contribution is -2.21. The molecule has 1 nitrogen and oxygen atoms in total. The zero-order valence-corrected chi connectivity index (χ0v) is 8.32. The molecule has 0 saturated heterocycles. The minimum atomic E-state index is 0.936. The molecule has 0 atom stereocenters. The smallest absolute Gasteiger partial charge is 0.00933 e. The van der Waals surface area contributed by atoms with Crippen LogP contribution in [0.1, 0.15) is 32.1 Å². The van der Waals surface area contributed by atoms with Gasteiger partial charge in [0.2, 0.25) is 0 Å². The van der Waals surface area contributed by atoms with Gasteiger partial charge in [0.05, 0.1) is 0 Å². The minimum Gasteiger partial charge on any atom is -0.303 e. The normalized spacial score (nSPS) is 17.7. The third-order valence-corrected chi connectivity index (χ3v) is 2.66. The molecule has 0 aromatic carbocycles. The fourth-order valence-electron chi connectivity index (χ4n) is 1.35. The summed E-state index contributed by atoms with van der Waals surface area (Å²) in [6, 6.07) is 0.936. The predicted molar refractivity (Wildman–Crippen MR) is 53.4 cm³/mol. The molecule has 0 bridgehead atoms. The Morgan fingerprint density at radius 1 is 1.27 bits per heavy atom. The van der Waals surface area contributed by atoms with E-state index in [9.17, 15) is 0 Å². The van der Waals surface area contributed by atoms with E-state index in [0.717, 1.165) is 11.8 Å². The van der Waals surface area contributed by atoms with Crippen LogP contribution in [0.5, 0.6) is 0 Å². The van der Waals surface area contributed by atoms with Gasteiger partial charge >= 0.3 is 0 Å². The quantitative estimate of drug-likeness (QED) is 0.476. The average Bonchev–Trinajstić information content (AvgIpc) is 2.79. The maximum absolute atomic E-state index is 4.18. The Kier molecular flexibility index (Phi) is 4.31. The predicted octanol–water partition coefficient (Wildman–Crippen LogP) is 2.18. The lowest BCUT2D eigenvalue weighted by atomic mass is 10.2. The van der Waals surface area contributed by atoms with Crippen molar-refractivity contribution in [1.82, 2.24) is 4.90 Å². The van der Waals surface area contributed by atoms with Crippen LogP contribution in [0.2, 0.25) is 0 Å². The van der Waals surface area contributed by atoms with Crippen molar-refractivity contribution in [3.8, 4) is 0 Å². The lowest BCUT2D eigenvalue weighted by Gasteiger charge is -2.14. The number of nitrogens with zero attached hydrogens (tertiary/aromatic N) is 1. The topological polar surface area (TPSA) is 3.24 Å². The molecule has 0 unspecified atom stereocenters. The van der Waals surface area contributed by atoms with Crippen molar-refractivity contribution >= 4 is 12.6 Å². The summed E-state index contributed by atoms with van der Waals surface area (Å²) in [6.45, 7) is 1.29. The Morgan fingerprint density at radius 3 is 2.55 bits per heavy atom. The number of unbranched alkanes of at least 4 members (excludes halogenated alkanes) is 2. The Balaban J connectivity index is 1.85. The van der Waals surface area contributed by atoms with Gasteiger partial charge in [-0.05, 0) is 45.0 Å². The molecular weight excluding hydrogens is 154 g/mol. The number of thiol groups is 1. The van der Waals surface area contributed by atoms with Crippen molar-refractivity contribution in [1.29, 1.82) is 0 Å². The van der Waals surface area contributed by atoms with Gasteiger partial charge in [-0.15, -0.1) is 0 Å². The lowest BCUT2D eigenvalue weighted by molar-refractivity contribution is 0.316. The summed E-state index contributed by atoms with van der Waals surface area (Å²) < 4.78 is 0. The fourth-order valence-corrected chi connectivity index (χ4v) is 1.57. The standard InChI is InChI=1S/C9H19NS/c1-10(9-5-6-9)7-3-2-4-8-11/h9,11H,2-8H2,1H3. The molecular formula is C9H19NS. The van der Waals surface area contributed by atoms with Gasteiger partial charge in [-0.3, -0.25) is 0 Å². The zero-order chi connectivity index (χ0) is 8.10. The number of hydrogen-bond donors (Lipinski definition) is 1. The summed E-state index contributed by atoms with van der Waals surface area (Å²) in [6.07, 6.45) is 6.85. The van der Waals surface area contributed by atoms with Gasteiger partial charge in [0.1, 0.15) is 0 Å². The van der Waals surface area contributed by atoms with E-state index >= 15 is 0 Å².